The normalized spacial score (nSPS) is 18.4. The van der Waals surface area contributed by atoms with Crippen molar-refractivity contribution in [1.29, 1.82) is 5.26 Å². The summed E-state index contributed by atoms with van der Waals surface area (Å²) >= 11 is 0. The van der Waals surface area contributed by atoms with Crippen LogP contribution in [-0.2, 0) is 4.74 Å². The van der Waals surface area contributed by atoms with Gasteiger partial charge in [0.25, 0.3) is 5.91 Å². The predicted molar refractivity (Wildman–Crippen MR) is 128 cm³/mol. The molecule has 4 heterocycles. The van der Waals surface area contributed by atoms with Crippen LogP contribution in [0.1, 0.15) is 71.4 Å². The fourth-order valence-corrected chi connectivity index (χ4v) is 5.23. The average molecular weight is 456 g/mol. The fourth-order valence-electron chi connectivity index (χ4n) is 5.23. The Balaban J connectivity index is 1.69. The highest BCUT2D eigenvalue weighted by Crippen LogP contribution is 2.44. The number of nitrogen functional groups attached to an aromatic ring is 1. The minimum atomic E-state index is -0.651. The molecule has 1 saturated heterocycles. The number of carbonyl (C=O) groups excluding carboxylic acids is 1. The van der Waals surface area contributed by atoms with E-state index in [2.05, 4.69) is 16.2 Å². The number of ether oxygens (including phenoxy) is 1. The summed E-state index contributed by atoms with van der Waals surface area (Å²) in [6, 6.07) is 6.37. The number of nitriles is 1. The number of rotatable bonds is 4. The van der Waals surface area contributed by atoms with Gasteiger partial charge in [-0.1, -0.05) is 6.07 Å². The summed E-state index contributed by atoms with van der Waals surface area (Å²) in [5.74, 6) is -0.197. The number of hydrogen-bond donors (Lipinski definition) is 2. The minimum absolute atomic E-state index is 0.123. The van der Waals surface area contributed by atoms with Gasteiger partial charge < -0.3 is 16.2 Å². The van der Waals surface area contributed by atoms with Crippen molar-refractivity contribution in [3.05, 3.63) is 46.9 Å². The molecule has 1 atom stereocenters. The summed E-state index contributed by atoms with van der Waals surface area (Å²) < 4.78 is 9.69. The van der Waals surface area contributed by atoms with Gasteiger partial charge in [-0.25, -0.2) is 4.68 Å². The van der Waals surface area contributed by atoms with Crippen molar-refractivity contribution in [3.63, 3.8) is 0 Å². The number of hydrogen-bond acceptors (Lipinski definition) is 6. The Kier molecular flexibility index (Phi) is 4.61. The zero-order valence-corrected chi connectivity index (χ0v) is 18.9. The second-order valence-electron chi connectivity index (χ2n) is 9.20. The average Bonchev–Trinajstić information content (AvgIpc) is 3.52. The lowest BCUT2D eigenvalue weighted by molar-refractivity contribution is -0.0366. The highest BCUT2D eigenvalue weighted by atomic mass is 16.5. The molecule has 9 heteroatoms. The van der Waals surface area contributed by atoms with Gasteiger partial charge >= 0.3 is 0 Å². The van der Waals surface area contributed by atoms with E-state index in [0.29, 0.717) is 23.1 Å². The molecule has 4 aromatic rings. The van der Waals surface area contributed by atoms with Crippen molar-refractivity contribution < 1.29 is 9.53 Å². The van der Waals surface area contributed by atoms with E-state index in [-0.39, 0.29) is 23.5 Å². The van der Waals surface area contributed by atoms with Crippen LogP contribution >= 0.6 is 0 Å². The largest absolute Gasteiger partial charge is 0.384 e. The number of nitrogens with two attached hydrogens (primary N) is 2. The Bertz CT molecular complexity index is 1510. The number of pyridine rings is 1. The van der Waals surface area contributed by atoms with E-state index in [1.165, 1.54) is 0 Å². The zero-order valence-electron chi connectivity index (χ0n) is 18.9. The molecular weight excluding hydrogens is 430 g/mol. The summed E-state index contributed by atoms with van der Waals surface area (Å²) in [4.78, 5) is 17.0. The first kappa shape index (κ1) is 20.7. The SMILES string of the molecule is Cc1ccc2c(cnn2C2CCCCO2)c1-n1c(N)c(C(N)=O)c2cnc(C3CC3)c(C#N)c21. The van der Waals surface area contributed by atoms with Gasteiger partial charge in [0.05, 0.1) is 39.7 Å². The van der Waals surface area contributed by atoms with Crippen molar-refractivity contribution in [1.82, 2.24) is 19.3 Å². The second kappa shape index (κ2) is 7.57. The summed E-state index contributed by atoms with van der Waals surface area (Å²) in [6.45, 7) is 2.69. The number of nitrogens with zero attached hydrogens (tertiary/aromatic N) is 5. The smallest absolute Gasteiger partial charge is 0.253 e. The molecule has 1 aliphatic heterocycles. The zero-order chi connectivity index (χ0) is 23.6. The van der Waals surface area contributed by atoms with Crippen LogP contribution in [0, 0.1) is 18.3 Å². The molecule has 0 spiro atoms. The van der Waals surface area contributed by atoms with Crippen LogP contribution in [0.25, 0.3) is 27.5 Å². The van der Waals surface area contributed by atoms with Gasteiger partial charge in [0, 0.05) is 29.5 Å². The highest BCUT2D eigenvalue weighted by Gasteiger charge is 2.32. The van der Waals surface area contributed by atoms with Gasteiger partial charge in [-0.15, -0.1) is 0 Å². The molecule has 3 aromatic heterocycles. The van der Waals surface area contributed by atoms with Crippen LogP contribution < -0.4 is 11.5 Å². The molecule has 6 rings (SSSR count). The van der Waals surface area contributed by atoms with E-state index in [1.54, 1.807) is 17.0 Å². The third-order valence-corrected chi connectivity index (χ3v) is 7.00. The first-order chi connectivity index (χ1) is 16.5. The van der Waals surface area contributed by atoms with Gasteiger partial charge in [-0.2, -0.15) is 10.4 Å². The van der Waals surface area contributed by atoms with E-state index in [1.807, 2.05) is 23.7 Å². The highest BCUT2D eigenvalue weighted by molar-refractivity contribution is 6.13. The fraction of sp³-hybridized carbons (Fsp3) is 0.360. The second-order valence-corrected chi connectivity index (χ2v) is 9.20. The van der Waals surface area contributed by atoms with Crippen molar-refractivity contribution in [2.75, 3.05) is 12.3 Å². The third-order valence-electron chi connectivity index (χ3n) is 7.00. The van der Waals surface area contributed by atoms with Crippen LogP contribution in [0.2, 0.25) is 0 Å². The number of aryl methyl sites for hydroxylation is 1. The van der Waals surface area contributed by atoms with E-state index in [9.17, 15) is 10.1 Å². The Labute approximate surface area is 195 Å². The monoisotopic (exact) mass is 455 g/mol. The number of fused-ring (bicyclic) bond motifs is 2. The minimum Gasteiger partial charge on any atom is -0.384 e. The van der Waals surface area contributed by atoms with Crippen LogP contribution in [-0.4, -0.2) is 31.8 Å². The molecule has 1 unspecified atom stereocenters. The van der Waals surface area contributed by atoms with Crippen molar-refractivity contribution in [2.24, 2.45) is 5.73 Å². The summed E-state index contributed by atoms with van der Waals surface area (Å²) in [6.07, 6.45) is 8.34. The molecular formula is C25H25N7O2. The van der Waals surface area contributed by atoms with Crippen molar-refractivity contribution in [3.8, 4) is 11.8 Å². The standard InChI is InChI=1S/C25H25N7O2/c1-13-5-8-18-16(12-30-32(18)19-4-2-3-9-34-19)22(13)31-23-15(10-26)21(14-6-7-14)29-11-17(23)20(24(31)27)25(28)33/h5,8,11-12,14,19H,2-4,6-7,9,27H2,1H3,(H2,28,33). The molecule has 1 aliphatic carbocycles. The first-order valence-electron chi connectivity index (χ1n) is 11.6. The molecule has 172 valence electrons. The quantitative estimate of drug-likeness (QED) is 0.480. The lowest BCUT2D eigenvalue weighted by Crippen LogP contribution is -2.19. The Hall–Kier alpha value is -3.90. The number of amides is 1. The van der Waals surface area contributed by atoms with Crippen LogP contribution in [0.5, 0.6) is 0 Å². The molecule has 4 N–H and O–H groups in total. The van der Waals surface area contributed by atoms with Crippen molar-refractivity contribution >= 4 is 33.5 Å². The van der Waals surface area contributed by atoms with E-state index in [4.69, 9.17) is 16.2 Å². The number of carbonyl (C=O) groups is 1. The molecule has 1 saturated carbocycles. The number of anilines is 1. The first-order valence-corrected chi connectivity index (χ1v) is 11.6. The molecule has 2 fully saturated rings. The molecule has 1 aromatic carbocycles. The summed E-state index contributed by atoms with van der Waals surface area (Å²) in [5, 5.41) is 16.2. The van der Waals surface area contributed by atoms with Crippen molar-refractivity contribution in [2.45, 2.75) is 51.2 Å². The molecule has 9 nitrogen and oxygen atoms in total. The van der Waals surface area contributed by atoms with Gasteiger partial charge in [-0.3, -0.25) is 14.3 Å². The van der Waals surface area contributed by atoms with Crippen LogP contribution in [0.4, 0.5) is 5.82 Å². The topological polar surface area (TPSA) is 138 Å². The Morgan fingerprint density at radius 1 is 1.21 bits per heavy atom. The summed E-state index contributed by atoms with van der Waals surface area (Å²) in [5.41, 5.74) is 16.9. The number of primary amides is 1. The number of aromatic nitrogens is 4. The van der Waals surface area contributed by atoms with Gasteiger partial charge in [0.1, 0.15) is 11.9 Å². The molecule has 1 amide bonds. The van der Waals surface area contributed by atoms with E-state index < -0.39 is 5.91 Å². The molecule has 0 bridgehead atoms. The van der Waals surface area contributed by atoms with Crippen LogP contribution in [0.3, 0.4) is 0 Å². The Morgan fingerprint density at radius 3 is 2.71 bits per heavy atom. The lowest BCUT2D eigenvalue weighted by Gasteiger charge is -2.23. The maximum Gasteiger partial charge on any atom is 0.253 e. The van der Waals surface area contributed by atoms with Crippen LogP contribution in [0.15, 0.2) is 24.5 Å². The lowest BCUT2D eigenvalue weighted by atomic mass is 10.1. The van der Waals surface area contributed by atoms with E-state index >= 15 is 0 Å². The van der Waals surface area contributed by atoms with Gasteiger partial charge in [0.2, 0.25) is 0 Å². The third kappa shape index (κ3) is 2.92. The summed E-state index contributed by atoms with van der Waals surface area (Å²) in [7, 11) is 0. The van der Waals surface area contributed by atoms with Gasteiger partial charge in [0.15, 0.2) is 6.23 Å². The predicted octanol–water partition coefficient (Wildman–Crippen LogP) is 3.81. The maximum absolute atomic E-state index is 12.5. The maximum atomic E-state index is 12.5. The van der Waals surface area contributed by atoms with E-state index in [0.717, 1.165) is 60.0 Å². The number of benzene rings is 1. The van der Waals surface area contributed by atoms with Gasteiger partial charge in [-0.05, 0) is 50.7 Å². The molecule has 34 heavy (non-hydrogen) atoms. The Morgan fingerprint density at radius 2 is 2.03 bits per heavy atom. The molecule has 0 radical (unpaired) electrons. The molecule has 2 aliphatic rings.